The first kappa shape index (κ1) is 16.8. The van der Waals surface area contributed by atoms with E-state index in [9.17, 15) is 9.90 Å². The molecule has 0 spiro atoms. The number of carboxylic acid groups (broad SMARTS) is 1. The van der Waals surface area contributed by atoms with Gasteiger partial charge in [-0.3, -0.25) is 4.79 Å². The van der Waals surface area contributed by atoms with Crippen LogP contribution in [0.5, 0.6) is 0 Å². The van der Waals surface area contributed by atoms with Crippen LogP contribution >= 0.6 is 0 Å². The zero-order valence-electron chi connectivity index (χ0n) is 13.7. The minimum absolute atomic E-state index is 0.700. The van der Waals surface area contributed by atoms with Gasteiger partial charge in [-0.2, -0.15) is 0 Å². The zero-order valence-corrected chi connectivity index (χ0v) is 13.7. The average Bonchev–Trinajstić information content (AvgIpc) is 2.50. The van der Waals surface area contributed by atoms with Gasteiger partial charge >= 0.3 is 5.97 Å². The number of carbonyl (C=O) groups is 1. The van der Waals surface area contributed by atoms with E-state index >= 15 is 0 Å². The van der Waals surface area contributed by atoms with E-state index < -0.39 is 11.5 Å². The van der Waals surface area contributed by atoms with Crippen LogP contribution in [0.15, 0.2) is 0 Å². The van der Waals surface area contributed by atoms with Crippen LogP contribution in [-0.4, -0.2) is 47.2 Å². The van der Waals surface area contributed by atoms with Crippen molar-refractivity contribution in [3.05, 3.63) is 0 Å². The first-order valence-electron chi connectivity index (χ1n) is 8.79. The maximum absolute atomic E-state index is 11.6. The lowest BCUT2D eigenvalue weighted by atomic mass is 9.78. The number of hydrogen-bond donors (Lipinski definition) is 2. The molecule has 4 heteroatoms. The van der Waals surface area contributed by atoms with Crippen molar-refractivity contribution in [1.82, 2.24) is 10.2 Å². The molecule has 0 radical (unpaired) electrons. The Morgan fingerprint density at radius 1 is 1.29 bits per heavy atom. The van der Waals surface area contributed by atoms with E-state index in [1.807, 2.05) is 6.92 Å². The van der Waals surface area contributed by atoms with Gasteiger partial charge < -0.3 is 15.3 Å². The van der Waals surface area contributed by atoms with E-state index in [-0.39, 0.29) is 0 Å². The largest absolute Gasteiger partial charge is 0.480 e. The first-order chi connectivity index (χ1) is 10.1. The fraction of sp³-hybridized carbons (Fsp3) is 0.941. The van der Waals surface area contributed by atoms with E-state index in [0.29, 0.717) is 6.42 Å². The summed E-state index contributed by atoms with van der Waals surface area (Å²) < 4.78 is 0. The second kappa shape index (κ2) is 7.59. The Labute approximate surface area is 129 Å². The summed E-state index contributed by atoms with van der Waals surface area (Å²) in [6.07, 6.45) is 9.77. The maximum Gasteiger partial charge on any atom is 0.323 e. The third-order valence-electron chi connectivity index (χ3n) is 5.49. The summed E-state index contributed by atoms with van der Waals surface area (Å²) in [5.41, 5.74) is -0.780. The molecule has 1 aliphatic heterocycles. The molecule has 1 aliphatic carbocycles. The molecular weight excluding hydrogens is 264 g/mol. The topological polar surface area (TPSA) is 52.6 Å². The van der Waals surface area contributed by atoms with Gasteiger partial charge in [0.1, 0.15) is 5.54 Å². The summed E-state index contributed by atoms with van der Waals surface area (Å²) in [6.45, 7) is 6.76. The number of likely N-dealkylation sites (tertiary alicyclic amines) is 1. The Kier molecular flexibility index (Phi) is 6.06. The molecule has 0 aromatic carbocycles. The van der Waals surface area contributed by atoms with Gasteiger partial charge in [0.25, 0.3) is 0 Å². The Morgan fingerprint density at radius 2 is 2.00 bits per heavy atom. The van der Waals surface area contributed by atoms with Crippen LogP contribution in [-0.2, 0) is 4.79 Å². The summed E-state index contributed by atoms with van der Waals surface area (Å²) in [5.74, 6) is 0.153. The molecule has 21 heavy (non-hydrogen) atoms. The minimum atomic E-state index is -0.780. The van der Waals surface area contributed by atoms with E-state index in [4.69, 9.17) is 0 Å². The van der Waals surface area contributed by atoms with Gasteiger partial charge in [-0.05, 0) is 64.5 Å². The molecular formula is C17H32N2O2. The van der Waals surface area contributed by atoms with Crippen LogP contribution in [0.4, 0.5) is 0 Å². The fourth-order valence-electron chi connectivity index (χ4n) is 4.04. The number of nitrogens with zero attached hydrogens (tertiary/aromatic N) is 1. The summed E-state index contributed by atoms with van der Waals surface area (Å²) in [5, 5.41) is 12.8. The predicted octanol–water partition coefficient (Wildman–Crippen LogP) is 2.87. The highest BCUT2D eigenvalue weighted by Gasteiger charge is 2.36. The summed E-state index contributed by atoms with van der Waals surface area (Å²) in [7, 11) is 0. The molecule has 2 rings (SSSR count). The smallest absolute Gasteiger partial charge is 0.323 e. The van der Waals surface area contributed by atoms with Gasteiger partial charge in [-0.25, -0.2) is 0 Å². The number of nitrogens with one attached hydrogen (secondary N) is 1. The van der Waals surface area contributed by atoms with Crippen LogP contribution in [0.2, 0.25) is 0 Å². The molecule has 2 aliphatic rings. The SMILES string of the molecule is CCCNC(C)(CCN1CCCC2CCCCC21)C(=O)O. The molecule has 2 fully saturated rings. The highest BCUT2D eigenvalue weighted by molar-refractivity contribution is 5.78. The minimum Gasteiger partial charge on any atom is -0.480 e. The van der Waals surface area contributed by atoms with Gasteiger partial charge in [0.05, 0.1) is 0 Å². The van der Waals surface area contributed by atoms with Crippen molar-refractivity contribution in [2.24, 2.45) is 5.92 Å². The van der Waals surface area contributed by atoms with Crippen molar-refractivity contribution in [3.63, 3.8) is 0 Å². The van der Waals surface area contributed by atoms with E-state index in [1.54, 1.807) is 0 Å². The van der Waals surface area contributed by atoms with Gasteiger partial charge in [-0.1, -0.05) is 19.8 Å². The Morgan fingerprint density at radius 3 is 2.71 bits per heavy atom. The fourth-order valence-corrected chi connectivity index (χ4v) is 4.04. The third-order valence-corrected chi connectivity index (χ3v) is 5.49. The lowest BCUT2D eigenvalue weighted by molar-refractivity contribution is -0.144. The highest BCUT2D eigenvalue weighted by atomic mass is 16.4. The quantitative estimate of drug-likeness (QED) is 0.758. The standard InChI is InChI=1S/C17H32N2O2/c1-3-11-18-17(2,16(20)21)10-13-19-12-6-8-14-7-4-5-9-15(14)19/h14-15,18H,3-13H2,1-2H3,(H,20,21). The monoisotopic (exact) mass is 296 g/mol. The number of aliphatic carboxylic acids is 1. The maximum atomic E-state index is 11.6. The number of hydrogen-bond acceptors (Lipinski definition) is 3. The molecule has 0 bridgehead atoms. The van der Waals surface area contributed by atoms with Crippen LogP contribution in [0.1, 0.15) is 65.2 Å². The lowest BCUT2D eigenvalue weighted by Crippen LogP contribution is -2.54. The van der Waals surface area contributed by atoms with E-state index in [0.717, 1.165) is 38.0 Å². The molecule has 122 valence electrons. The Hall–Kier alpha value is -0.610. The molecule has 3 unspecified atom stereocenters. The van der Waals surface area contributed by atoms with Gasteiger partial charge in [0, 0.05) is 12.6 Å². The second-order valence-corrected chi connectivity index (χ2v) is 7.10. The van der Waals surface area contributed by atoms with Gasteiger partial charge in [0.2, 0.25) is 0 Å². The summed E-state index contributed by atoms with van der Waals surface area (Å²) >= 11 is 0. The molecule has 1 saturated carbocycles. The molecule has 1 saturated heterocycles. The van der Waals surface area contributed by atoms with E-state index in [2.05, 4.69) is 17.1 Å². The summed E-state index contributed by atoms with van der Waals surface area (Å²) in [6, 6.07) is 0.719. The van der Waals surface area contributed by atoms with Crippen molar-refractivity contribution < 1.29 is 9.90 Å². The normalized spacial score (nSPS) is 29.6. The van der Waals surface area contributed by atoms with Crippen LogP contribution < -0.4 is 5.32 Å². The van der Waals surface area contributed by atoms with Crippen molar-refractivity contribution in [2.75, 3.05) is 19.6 Å². The molecule has 2 N–H and O–H groups in total. The van der Waals surface area contributed by atoms with Gasteiger partial charge in [0.15, 0.2) is 0 Å². The van der Waals surface area contributed by atoms with Crippen LogP contribution in [0, 0.1) is 5.92 Å². The average molecular weight is 296 g/mol. The predicted molar refractivity (Wildman–Crippen MR) is 85.5 cm³/mol. The first-order valence-corrected chi connectivity index (χ1v) is 8.79. The summed E-state index contributed by atoms with van der Waals surface area (Å²) in [4.78, 5) is 14.2. The number of fused-ring (bicyclic) bond motifs is 1. The van der Waals surface area contributed by atoms with Crippen molar-refractivity contribution in [2.45, 2.75) is 76.8 Å². The lowest BCUT2D eigenvalue weighted by Gasteiger charge is -2.45. The van der Waals surface area contributed by atoms with Crippen LogP contribution in [0.3, 0.4) is 0 Å². The van der Waals surface area contributed by atoms with Crippen LogP contribution in [0.25, 0.3) is 0 Å². The third kappa shape index (κ3) is 4.19. The Bertz CT molecular complexity index is 346. The van der Waals surface area contributed by atoms with Crippen molar-refractivity contribution in [3.8, 4) is 0 Å². The van der Waals surface area contributed by atoms with Crippen molar-refractivity contribution >= 4 is 5.97 Å². The van der Waals surface area contributed by atoms with E-state index in [1.165, 1.54) is 38.5 Å². The highest BCUT2D eigenvalue weighted by Crippen LogP contribution is 2.35. The molecule has 0 aromatic rings. The molecule has 0 aromatic heterocycles. The number of rotatable bonds is 7. The van der Waals surface area contributed by atoms with Gasteiger partial charge in [-0.15, -0.1) is 0 Å². The second-order valence-electron chi connectivity index (χ2n) is 7.10. The zero-order chi connectivity index (χ0) is 15.3. The molecule has 4 nitrogen and oxygen atoms in total. The molecule has 3 atom stereocenters. The van der Waals surface area contributed by atoms with Crippen molar-refractivity contribution in [1.29, 1.82) is 0 Å². The number of carboxylic acids is 1. The number of piperidine rings is 1. The Balaban J connectivity index is 1.91. The molecule has 1 heterocycles. The molecule has 0 amide bonds.